The van der Waals surface area contributed by atoms with Crippen molar-refractivity contribution in [1.82, 2.24) is 5.32 Å². The van der Waals surface area contributed by atoms with E-state index in [1.807, 2.05) is 5.32 Å². The molecule has 4 N–H and O–H groups in total. The summed E-state index contributed by atoms with van der Waals surface area (Å²) < 4.78 is 4.56. The Labute approximate surface area is 114 Å². The highest BCUT2D eigenvalue weighted by molar-refractivity contribution is 6.33. The normalized spacial score (nSPS) is 9.58. The lowest BCUT2D eigenvalue weighted by Crippen LogP contribution is -2.38. The highest BCUT2D eigenvalue weighted by Crippen LogP contribution is 2.21. The third-order valence-electron chi connectivity index (χ3n) is 2.09. The summed E-state index contributed by atoms with van der Waals surface area (Å²) in [6, 6.07) is 3.57. The number of anilines is 1. The predicted molar refractivity (Wildman–Crippen MR) is 69.0 cm³/mol. The Kier molecular flexibility index (Phi) is 5.13. The SMILES string of the molecule is COC(=O)c1cc(NCC(=O)NC(N)=O)ccc1Cl. The van der Waals surface area contributed by atoms with Crippen LogP contribution in [-0.2, 0) is 9.53 Å². The van der Waals surface area contributed by atoms with Gasteiger partial charge < -0.3 is 15.8 Å². The standard InChI is InChI=1S/C11H12ClN3O4/c1-19-10(17)7-4-6(2-3-8(7)12)14-5-9(16)15-11(13)18/h2-4,14H,5H2,1H3,(H3,13,15,16,18). The van der Waals surface area contributed by atoms with Crippen molar-refractivity contribution in [1.29, 1.82) is 0 Å². The molecule has 0 saturated carbocycles. The van der Waals surface area contributed by atoms with E-state index in [4.69, 9.17) is 17.3 Å². The average molecular weight is 286 g/mol. The zero-order chi connectivity index (χ0) is 14.4. The van der Waals surface area contributed by atoms with Gasteiger partial charge >= 0.3 is 12.0 Å². The number of nitrogens with two attached hydrogens (primary N) is 1. The second kappa shape index (κ2) is 6.60. The fourth-order valence-electron chi connectivity index (χ4n) is 1.27. The number of hydrogen-bond donors (Lipinski definition) is 3. The van der Waals surface area contributed by atoms with E-state index in [0.29, 0.717) is 5.69 Å². The molecule has 0 saturated heterocycles. The number of ether oxygens (including phenoxy) is 1. The van der Waals surface area contributed by atoms with Crippen LogP contribution in [0.5, 0.6) is 0 Å². The second-order valence-corrected chi connectivity index (χ2v) is 3.86. The number of methoxy groups -OCH3 is 1. The summed E-state index contributed by atoms with van der Waals surface area (Å²) in [7, 11) is 1.24. The lowest BCUT2D eigenvalue weighted by atomic mass is 10.2. The number of carbonyl (C=O) groups excluding carboxylic acids is 3. The van der Waals surface area contributed by atoms with Crippen LogP contribution in [-0.4, -0.2) is 31.6 Å². The van der Waals surface area contributed by atoms with Gasteiger partial charge in [0.05, 0.1) is 24.2 Å². The molecule has 102 valence electrons. The van der Waals surface area contributed by atoms with Crippen molar-refractivity contribution >= 4 is 35.2 Å². The number of primary amides is 1. The molecule has 1 rings (SSSR count). The molecule has 0 aromatic heterocycles. The monoisotopic (exact) mass is 285 g/mol. The van der Waals surface area contributed by atoms with Gasteiger partial charge in [-0.25, -0.2) is 9.59 Å². The third-order valence-corrected chi connectivity index (χ3v) is 2.42. The maximum absolute atomic E-state index is 11.4. The van der Waals surface area contributed by atoms with Crippen LogP contribution in [0.3, 0.4) is 0 Å². The molecule has 0 aliphatic rings. The fourth-order valence-corrected chi connectivity index (χ4v) is 1.46. The first-order valence-electron chi connectivity index (χ1n) is 5.15. The number of benzene rings is 1. The zero-order valence-electron chi connectivity index (χ0n) is 10.0. The van der Waals surface area contributed by atoms with E-state index in [2.05, 4.69) is 10.1 Å². The van der Waals surface area contributed by atoms with E-state index in [1.165, 1.54) is 19.2 Å². The van der Waals surface area contributed by atoms with Crippen molar-refractivity contribution in [2.75, 3.05) is 19.0 Å². The Morgan fingerprint density at radius 1 is 1.37 bits per heavy atom. The van der Waals surface area contributed by atoms with Gasteiger partial charge in [0.2, 0.25) is 5.91 Å². The molecule has 19 heavy (non-hydrogen) atoms. The van der Waals surface area contributed by atoms with Crippen molar-refractivity contribution in [3.63, 3.8) is 0 Å². The van der Waals surface area contributed by atoms with Crippen LogP contribution in [0.2, 0.25) is 5.02 Å². The number of halogens is 1. The largest absolute Gasteiger partial charge is 0.465 e. The summed E-state index contributed by atoms with van der Waals surface area (Å²) in [5.74, 6) is -1.18. The molecule has 0 radical (unpaired) electrons. The molecule has 0 atom stereocenters. The van der Waals surface area contributed by atoms with Crippen LogP contribution < -0.4 is 16.4 Å². The van der Waals surface area contributed by atoms with Crippen LogP contribution in [0.4, 0.5) is 10.5 Å². The Bertz CT molecular complexity index is 519. The summed E-state index contributed by atoms with van der Waals surface area (Å²) in [6.07, 6.45) is 0. The van der Waals surface area contributed by atoms with Gasteiger partial charge in [0.15, 0.2) is 0 Å². The van der Waals surface area contributed by atoms with Crippen LogP contribution in [0, 0.1) is 0 Å². The smallest absolute Gasteiger partial charge is 0.339 e. The third kappa shape index (κ3) is 4.47. The molecule has 3 amide bonds. The van der Waals surface area contributed by atoms with Gasteiger partial charge in [0.1, 0.15) is 0 Å². The maximum Gasteiger partial charge on any atom is 0.339 e. The summed E-state index contributed by atoms with van der Waals surface area (Å²) >= 11 is 5.83. The van der Waals surface area contributed by atoms with Crippen molar-refractivity contribution < 1.29 is 19.1 Å². The molecule has 0 spiro atoms. The van der Waals surface area contributed by atoms with Crippen molar-refractivity contribution in [2.24, 2.45) is 5.73 Å². The number of hydrogen-bond acceptors (Lipinski definition) is 5. The van der Waals surface area contributed by atoms with E-state index in [9.17, 15) is 14.4 Å². The molecule has 0 fully saturated rings. The Morgan fingerprint density at radius 3 is 2.63 bits per heavy atom. The van der Waals surface area contributed by atoms with Gasteiger partial charge in [0, 0.05) is 5.69 Å². The number of nitrogens with one attached hydrogen (secondary N) is 2. The molecule has 0 aliphatic heterocycles. The first-order chi connectivity index (χ1) is 8.93. The highest BCUT2D eigenvalue weighted by Gasteiger charge is 2.12. The van der Waals surface area contributed by atoms with Gasteiger partial charge in [-0.05, 0) is 18.2 Å². The van der Waals surface area contributed by atoms with Gasteiger partial charge in [-0.15, -0.1) is 0 Å². The minimum atomic E-state index is -0.932. The fraction of sp³-hybridized carbons (Fsp3) is 0.182. The molecule has 8 heteroatoms. The van der Waals surface area contributed by atoms with Crippen LogP contribution in [0.15, 0.2) is 18.2 Å². The number of urea groups is 1. The lowest BCUT2D eigenvalue weighted by molar-refractivity contribution is -0.118. The number of rotatable bonds is 4. The first kappa shape index (κ1) is 14.8. The Balaban J connectivity index is 2.72. The average Bonchev–Trinajstić information content (AvgIpc) is 2.36. The molecule has 0 unspecified atom stereocenters. The summed E-state index contributed by atoms with van der Waals surface area (Å²) in [5.41, 5.74) is 5.43. The van der Waals surface area contributed by atoms with Crippen molar-refractivity contribution in [3.8, 4) is 0 Å². The molecule has 0 bridgehead atoms. The molecule has 0 aliphatic carbocycles. The van der Waals surface area contributed by atoms with E-state index in [0.717, 1.165) is 0 Å². The summed E-state index contributed by atoms with van der Waals surface area (Å²) in [4.78, 5) is 33.0. The van der Waals surface area contributed by atoms with E-state index in [-0.39, 0.29) is 17.1 Å². The van der Waals surface area contributed by atoms with Crippen molar-refractivity contribution in [3.05, 3.63) is 28.8 Å². The minimum absolute atomic E-state index is 0.171. The highest BCUT2D eigenvalue weighted by atomic mass is 35.5. The number of imide groups is 1. The topological polar surface area (TPSA) is 111 Å². The molecule has 1 aromatic rings. The van der Waals surface area contributed by atoms with E-state index < -0.39 is 17.9 Å². The van der Waals surface area contributed by atoms with Gasteiger partial charge in [-0.1, -0.05) is 11.6 Å². The number of esters is 1. The Morgan fingerprint density at radius 2 is 2.05 bits per heavy atom. The van der Waals surface area contributed by atoms with Gasteiger partial charge in [-0.3, -0.25) is 10.1 Å². The van der Waals surface area contributed by atoms with Gasteiger partial charge in [-0.2, -0.15) is 0 Å². The predicted octanol–water partition coefficient (Wildman–Crippen LogP) is 0.733. The first-order valence-corrected chi connectivity index (χ1v) is 5.53. The molecular weight excluding hydrogens is 274 g/mol. The van der Waals surface area contributed by atoms with Crippen LogP contribution >= 0.6 is 11.6 Å². The molecule has 1 aromatic carbocycles. The molecular formula is C11H12ClN3O4. The number of carbonyl (C=O) groups is 3. The van der Waals surface area contributed by atoms with Crippen LogP contribution in [0.25, 0.3) is 0 Å². The minimum Gasteiger partial charge on any atom is -0.465 e. The Hall–Kier alpha value is -2.28. The summed E-state index contributed by atoms with van der Waals surface area (Å²) in [5, 5.41) is 4.84. The van der Waals surface area contributed by atoms with E-state index >= 15 is 0 Å². The summed E-state index contributed by atoms with van der Waals surface area (Å²) in [6.45, 7) is -0.175. The zero-order valence-corrected chi connectivity index (χ0v) is 10.8. The quantitative estimate of drug-likeness (QED) is 0.706. The second-order valence-electron chi connectivity index (χ2n) is 3.45. The molecule has 0 heterocycles. The lowest BCUT2D eigenvalue weighted by Gasteiger charge is -2.08. The van der Waals surface area contributed by atoms with E-state index in [1.54, 1.807) is 6.07 Å². The maximum atomic E-state index is 11.4. The molecule has 7 nitrogen and oxygen atoms in total. The number of amides is 3. The van der Waals surface area contributed by atoms with Gasteiger partial charge in [0.25, 0.3) is 0 Å². The van der Waals surface area contributed by atoms with Crippen LogP contribution in [0.1, 0.15) is 10.4 Å². The van der Waals surface area contributed by atoms with Crippen molar-refractivity contribution in [2.45, 2.75) is 0 Å².